The van der Waals surface area contributed by atoms with Gasteiger partial charge in [-0.05, 0) is 0 Å². The van der Waals surface area contributed by atoms with Gasteiger partial charge in [0.25, 0.3) is 0 Å². The van der Waals surface area contributed by atoms with Crippen molar-refractivity contribution < 1.29 is 28.7 Å². The number of nitrogens with zero attached hydrogens (tertiary/aromatic N) is 1. The molecular weight excluding hydrogens is 258 g/mol. The van der Waals surface area contributed by atoms with Gasteiger partial charge in [-0.2, -0.15) is 0 Å². The zero-order valence-corrected chi connectivity index (χ0v) is 10.9. The maximum atomic E-state index is 11.8. The molecule has 1 rings (SSSR count). The molecule has 0 saturated carbocycles. The molecule has 0 unspecified atom stereocenters. The molecule has 0 heterocycles. The summed E-state index contributed by atoms with van der Waals surface area (Å²) >= 11 is 0. The van der Waals surface area contributed by atoms with Crippen molar-refractivity contribution in [3.05, 3.63) is 21.7 Å². The van der Waals surface area contributed by atoms with Gasteiger partial charge in [0, 0.05) is 0 Å². The molecule has 1 aromatic rings. The first-order valence-electron chi connectivity index (χ1n) is 5.07. The highest BCUT2D eigenvalue weighted by Gasteiger charge is 2.31. The average Bonchev–Trinajstić information content (AvgIpc) is 2.43. The van der Waals surface area contributed by atoms with Crippen LogP contribution in [0.2, 0.25) is 0 Å². The molecule has 0 bridgehead atoms. The molecule has 0 fully saturated rings. The molecule has 8 nitrogen and oxygen atoms in total. The highest BCUT2D eigenvalue weighted by Crippen LogP contribution is 2.44. The van der Waals surface area contributed by atoms with Gasteiger partial charge in [0.05, 0.1) is 39.4 Å². The molecule has 1 aromatic carbocycles. The largest absolute Gasteiger partial charge is 0.493 e. The van der Waals surface area contributed by atoms with Crippen molar-refractivity contribution in [2.24, 2.45) is 0 Å². The monoisotopic (exact) mass is 271 g/mol. The van der Waals surface area contributed by atoms with E-state index in [1.807, 2.05) is 0 Å². The fraction of sp³-hybridized carbons (Fsp3) is 0.364. The number of benzene rings is 1. The first kappa shape index (κ1) is 14.6. The van der Waals surface area contributed by atoms with Crippen molar-refractivity contribution in [1.29, 1.82) is 0 Å². The van der Waals surface area contributed by atoms with E-state index in [-0.39, 0.29) is 22.8 Å². The van der Waals surface area contributed by atoms with Crippen LogP contribution < -0.4 is 14.2 Å². The van der Waals surface area contributed by atoms with Gasteiger partial charge in [-0.25, -0.2) is 4.79 Å². The van der Waals surface area contributed by atoms with E-state index in [2.05, 4.69) is 4.74 Å². The molecule has 0 aliphatic rings. The van der Waals surface area contributed by atoms with Gasteiger partial charge in [-0.1, -0.05) is 0 Å². The van der Waals surface area contributed by atoms with E-state index in [4.69, 9.17) is 14.2 Å². The van der Waals surface area contributed by atoms with Crippen LogP contribution in [-0.4, -0.2) is 39.3 Å². The van der Waals surface area contributed by atoms with Crippen LogP contribution in [0, 0.1) is 10.1 Å². The Kier molecular flexibility index (Phi) is 4.51. The van der Waals surface area contributed by atoms with Gasteiger partial charge in [-0.3, -0.25) is 10.1 Å². The van der Waals surface area contributed by atoms with Gasteiger partial charge in [-0.15, -0.1) is 0 Å². The lowest BCUT2D eigenvalue weighted by molar-refractivity contribution is -0.385. The van der Waals surface area contributed by atoms with Crippen LogP contribution in [0.4, 0.5) is 5.69 Å². The molecule has 0 N–H and O–H groups in total. The fourth-order valence-electron chi connectivity index (χ4n) is 1.59. The number of esters is 1. The number of carbonyl (C=O) groups excluding carboxylic acids is 1. The summed E-state index contributed by atoms with van der Waals surface area (Å²) in [5.41, 5.74) is -0.612. The lowest BCUT2D eigenvalue weighted by Gasteiger charge is -2.14. The van der Waals surface area contributed by atoms with Crippen molar-refractivity contribution in [3.8, 4) is 17.2 Å². The zero-order chi connectivity index (χ0) is 14.6. The topological polar surface area (TPSA) is 97.1 Å². The first-order chi connectivity index (χ1) is 9.01. The summed E-state index contributed by atoms with van der Waals surface area (Å²) in [6.45, 7) is 0. The molecule has 0 radical (unpaired) electrons. The minimum absolute atomic E-state index is 0.0109. The summed E-state index contributed by atoms with van der Waals surface area (Å²) in [6.07, 6.45) is 0. The Hall–Kier alpha value is -2.51. The number of carbonyl (C=O) groups is 1. The second kappa shape index (κ2) is 5.89. The van der Waals surface area contributed by atoms with Crippen molar-refractivity contribution in [2.45, 2.75) is 0 Å². The molecule has 0 spiro atoms. The van der Waals surface area contributed by atoms with E-state index in [1.54, 1.807) is 0 Å². The van der Waals surface area contributed by atoms with Crippen LogP contribution >= 0.6 is 0 Å². The second-order valence-electron chi connectivity index (χ2n) is 3.29. The Labute approximate surface area is 109 Å². The fourth-order valence-corrected chi connectivity index (χ4v) is 1.59. The normalized spacial score (nSPS) is 9.68. The zero-order valence-electron chi connectivity index (χ0n) is 10.9. The number of methoxy groups -OCH3 is 4. The summed E-state index contributed by atoms with van der Waals surface area (Å²) in [7, 11) is 4.96. The molecule has 0 aromatic heterocycles. The minimum Gasteiger partial charge on any atom is -0.493 e. The Morgan fingerprint density at radius 3 is 2.05 bits per heavy atom. The van der Waals surface area contributed by atoms with Crippen LogP contribution in [0.25, 0.3) is 0 Å². The molecule has 0 saturated heterocycles. The third-order valence-electron chi connectivity index (χ3n) is 2.39. The molecule has 19 heavy (non-hydrogen) atoms. The molecule has 104 valence electrons. The minimum atomic E-state index is -0.823. The predicted molar refractivity (Wildman–Crippen MR) is 64.1 cm³/mol. The van der Waals surface area contributed by atoms with Crippen molar-refractivity contribution >= 4 is 11.7 Å². The Morgan fingerprint density at radius 2 is 1.68 bits per heavy atom. The number of nitro groups is 1. The van der Waals surface area contributed by atoms with Crippen molar-refractivity contribution in [1.82, 2.24) is 0 Å². The van der Waals surface area contributed by atoms with Crippen LogP contribution in [0.5, 0.6) is 17.2 Å². The highest BCUT2D eigenvalue weighted by atomic mass is 16.6. The van der Waals surface area contributed by atoms with Crippen molar-refractivity contribution in [3.63, 3.8) is 0 Å². The summed E-state index contributed by atoms with van der Waals surface area (Å²) in [5, 5.41) is 11.0. The van der Waals surface area contributed by atoms with E-state index in [0.717, 1.165) is 13.2 Å². The second-order valence-corrected chi connectivity index (χ2v) is 3.29. The molecule has 0 aliphatic heterocycles. The van der Waals surface area contributed by atoms with Gasteiger partial charge in [0.1, 0.15) is 0 Å². The van der Waals surface area contributed by atoms with E-state index >= 15 is 0 Å². The molecule has 0 aliphatic carbocycles. The lowest BCUT2D eigenvalue weighted by atomic mass is 10.1. The first-order valence-corrected chi connectivity index (χ1v) is 5.07. The van der Waals surface area contributed by atoms with E-state index in [1.165, 1.54) is 21.3 Å². The highest BCUT2D eigenvalue weighted by molar-refractivity contribution is 5.98. The Bertz CT molecular complexity index is 512. The van der Waals surface area contributed by atoms with Gasteiger partial charge in [0.2, 0.25) is 5.75 Å². The third kappa shape index (κ3) is 2.51. The Balaban J connectivity index is 3.74. The van der Waals surface area contributed by atoms with E-state index < -0.39 is 16.6 Å². The lowest BCUT2D eigenvalue weighted by Crippen LogP contribution is -2.09. The summed E-state index contributed by atoms with van der Waals surface area (Å²) < 4.78 is 19.5. The summed E-state index contributed by atoms with van der Waals surface area (Å²) in [4.78, 5) is 22.1. The molecule has 8 heteroatoms. The van der Waals surface area contributed by atoms with Gasteiger partial charge in [0.15, 0.2) is 17.1 Å². The van der Waals surface area contributed by atoms with Crippen LogP contribution in [0.1, 0.15) is 10.4 Å². The van der Waals surface area contributed by atoms with Crippen LogP contribution in [0.15, 0.2) is 6.07 Å². The van der Waals surface area contributed by atoms with Crippen LogP contribution in [-0.2, 0) is 4.74 Å². The number of rotatable bonds is 5. The van der Waals surface area contributed by atoms with E-state index in [0.29, 0.717) is 0 Å². The van der Waals surface area contributed by atoms with Crippen LogP contribution in [0.3, 0.4) is 0 Å². The molecule has 0 atom stereocenters. The van der Waals surface area contributed by atoms with E-state index in [9.17, 15) is 14.9 Å². The SMILES string of the molecule is COC(=O)c1c(OC)c(OC)cc([N+](=O)[O-])c1OC. The van der Waals surface area contributed by atoms with Gasteiger partial charge >= 0.3 is 11.7 Å². The molecular formula is C11H13NO7. The standard InChI is InChI=1S/C11H13NO7/c1-16-7-5-6(12(14)15)9(17-2)8(10(7)18-3)11(13)19-4/h5H,1-4H3. The average molecular weight is 271 g/mol. The predicted octanol–water partition coefficient (Wildman–Crippen LogP) is 1.41. The van der Waals surface area contributed by atoms with Crippen molar-refractivity contribution in [2.75, 3.05) is 28.4 Å². The number of nitro benzene ring substituents is 1. The quantitative estimate of drug-likeness (QED) is 0.453. The number of hydrogen-bond donors (Lipinski definition) is 0. The molecule has 0 amide bonds. The smallest absolute Gasteiger partial charge is 0.345 e. The number of ether oxygens (including phenoxy) is 4. The maximum Gasteiger partial charge on any atom is 0.345 e. The third-order valence-corrected chi connectivity index (χ3v) is 2.39. The summed E-state index contributed by atoms with van der Waals surface area (Å²) in [6, 6.07) is 1.12. The maximum absolute atomic E-state index is 11.8. The summed E-state index contributed by atoms with van der Waals surface area (Å²) in [5.74, 6) is -1.02. The van der Waals surface area contributed by atoms with Gasteiger partial charge < -0.3 is 18.9 Å². The Morgan fingerprint density at radius 1 is 1.11 bits per heavy atom. The number of hydrogen-bond acceptors (Lipinski definition) is 7.